The number of hydrogen-bond acceptors (Lipinski definition) is 3. The average Bonchev–Trinajstić information content (AvgIpc) is 2.84. The molecule has 1 amide bonds. The summed E-state index contributed by atoms with van der Waals surface area (Å²) in [5.41, 5.74) is 2.17. The Kier molecular flexibility index (Phi) is 3.89. The number of halogens is 3. The number of nitrogens with zero attached hydrogens (tertiary/aromatic N) is 2. The van der Waals surface area contributed by atoms with Gasteiger partial charge in [-0.1, -0.05) is 24.3 Å². The van der Waals surface area contributed by atoms with E-state index in [1.54, 1.807) is 23.1 Å². The van der Waals surface area contributed by atoms with Gasteiger partial charge in [0.05, 0.1) is 17.2 Å². The molecule has 1 aliphatic rings. The van der Waals surface area contributed by atoms with Crippen LogP contribution in [0.2, 0.25) is 0 Å². The van der Waals surface area contributed by atoms with Gasteiger partial charge in [-0.25, -0.2) is 0 Å². The van der Waals surface area contributed by atoms with Crippen LogP contribution in [0.5, 0.6) is 5.75 Å². The summed E-state index contributed by atoms with van der Waals surface area (Å²) in [6, 6.07) is 12.5. The molecule has 0 saturated carbocycles. The standard InChI is InChI=1S/C17H11F3N2O2/c18-17(19,20)24-14-6-4-11(5-7-14)9-22-10-13-3-1-2-12(8-21)15(13)16(22)23/h1-7H,9-10H2. The molecular formula is C17H11F3N2O2. The Balaban J connectivity index is 1.74. The monoisotopic (exact) mass is 332 g/mol. The molecule has 1 aliphatic heterocycles. The predicted molar refractivity (Wildman–Crippen MR) is 77.9 cm³/mol. The molecular weight excluding hydrogens is 321 g/mol. The van der Waals surface area contributed by atoms with Crippen LogP contribution in [0, 0.1) is 11.3 Å². The summed E-state index contributed by atoms with van der Waals surface area (Å²) in [5, 5.41) is 9.09. The molecule has 0 radical (unpaired) electrons. The number of hydrogen-bond donors (Lipinski definition) is 0. The zero-order chi connectivity index (χ0) is 17.3. The summed E-state index contributed by atoms with van der Waals surface area (Å²) < 4.78 is 40.2. The minimum absolute atomic E-state index is 0.241. The highest BCUT2D eigenvalue weighted by Crippen LogP contribution is 2.28. The van der Waals surface area contributed by atoms with Gasteiger partial charge in [0.2, 0.25) is 0 Å². The quantitative estimate of drug-likeness (QED) is 0.863. The summed E-state index contributed by atoms with van der Waals surface area (Å²) in [6.07, 6.45) is -4.73. The first-order chi connectivity index (χ1) is 11.4. The lowest BCUT2D eigenvalue weighted by atomic mass is 10.0. The van der Waals surface area contributed by atoms with Crippen molar-refractivity contribution in [3.63, 3.8) is 0 Å². The van der Waals surface area contributed by atoms with E-state index in [4.69, 9.17) is 5.26 Å². The molecule has 4 nitrogen and oxygen atoms in total. The van der Waals surface area contributed by atoms with E-state index in [0.717, 1.165) is 5.56 Å². The van der Waals surface area contributed by atoms with E-state index >= 15 is 0 Å². The SMILES string of the molecule is N#Cc1cccc2c1C(=O)N(Cc1ccc(OC(F)(F)F)cc1)C2. The van der Waals surface area contributed by atoms with Crippen LogP contribution in [-0.2, 0) is 13.1 Å². The summed E-state index contributed by atoms with van der Waals surface area (Å²) in [4.78, 5) is 14.0. The number of carbonyl (C=O) groups excluding carboxylic acids is 1. The van der Waals surface area contributed by atoms with Crippen molar-refractivity contribution in [3.05, 3.63) is 64.7 Å². The maximum absolute atomic E-state index is 12.4. The van der Waals surface area contributed by atoms with Crippen molar-refractivity contribution in [2.24, 2.45) is 0 Å². The fourth-order valence-electron chi connectivity index (χ4n) is 2.66. The third kappa shape index (κ3) is 3.18. The van der Waals surface area contributed by atoms with Gasteiger partial charge < -0.3 is 9.64 Å². The summed E-state index contributed by atoms with van der Waals surface area (Å²) in [7, 11) is 0. The first-order valence-corrected chi connectivity index (χ1v) is 7.03. The topological polar surface area (TPSA) is 53.3 Å². The van der Waals surface area contributed by atoms with E-state index in [-0.39, 0.29) is 18.2 Å². The number of benzene rings is 2. The molecule has 0 fully saturated rings. The molecule has 7 heteroatoms. The maximum atomic E-state index is 12.4. The number of amides is 1. The van der Waals surface area contributed by atoms with Gasteiger partial charge in [0.15, 0.2) is 0 Å². The molecule has 0 spiro atoms. The second kappa shape index (κ2) is 5.89. The maximum Gasteiger partial charge on any atom is 0.573 e. The predicted octanol–water partition coefficient (Wildman–Crippen LogP) is 3.61. The summed E-state index contributed by atoms with van der Waals surface area (Å²) in [5.74, 6) is -0.563. The van der Waals surface area contributed by atoms with Crippen LogP contribution < -0.4 is 4.74 Å². The van der Waals surface area contributed by atoms with Crippen molar-refractivity contribution >= 4 is 5.91 Å². The summed E-state index contributed by atoms with van der Waals surface area (Å²) in [6.45, 7) is 0.606. The lowest BCUT2D eigenvalue weighted by Gasteiger charge is -2.16. The van der Waals surface area contributed by atoms with Crippen molar-refractivity contribution in [1.29, 1.82) is 5.26 Å². The zero-order valence-electron chi connectivity index (χ0n) is 12.3. The van der Waals surface area contributed by atoms with Crippen LogP contribution in [-0.4, -0.2) is 17.2 Å². The van der Waals surface area contributed by atoms with Crippen LogP contribution in [0.4, 0.5) is 13.2 Å². The van der Waals surface area contributed by atoms with Crippen LogP contribution in [0.1, 0.15) is 27.0 Å². The summed E-state index contributed by atoms with van der Waals surface area (Å²) >= 11 is 0. The average molecular weight is 332 g/mol. The molecule has 122 valence electrons. The fourth-order valence-corrected chi connectivity index (χ4v) is 2.66. The highest BCUT2D eigenvalue weighted by atomic mass is 19.4. The minimum atomic E-state index is -4.73. The van der Waals surface area contributed by atoms with E-state index in [0.29, 0.717) is 23.2 Å². The van der Waals surface area contributed by atoms with Crippen LogP contribution >= 0.6 is 0 Å². The molecule has 24 heavy (non-hydrogen) atoms. The highest BCUT2D eigenvalue weighted by Gasteiger charge is 2.31. The van der Waals surface area contributed by atoms with E-state index < -0.39 is 6.36 Å². The third-order valence-electron chi connectivity index (χ3n) is 3.66. The van der Waals surface area contributed by atoms with Crippen LogP contribution in [0.15, 0.2) is 42.5 Å². The molecule has 0 aromatic heterocycles. The minimum Gasteiger partial charge on any atom is -0.406 e. The first kappa shape index (κ1) is 15.9. The molecule has 2 aromatic rings. The largest absolute Gasteiger partial charge is 0.573 e. The zero-order valence-corrected chi connectivity index (χ0v) is 12.3. The molecule has 0 bridgehead atoms. The number of nitriles is 1. The van der Waals surface area contributed by atoms with E-state index in [1.165, 1.54) is 24.3 Å². The second-order valence-electron chi connectivity index (χ2n) is 5.30. The number of ether oxygens (including phenoxy) is 1. The molecule has 1 heterocycles. The molecule has 0 N–H and O–H groups in total. The van der Waals surface area contributed by atoms with Crippen LogP contribution in [0.3, 0.4) is 0 Å². The van der Waals surface area contributed by atoms with Crippen molar-refractivity contribution in [2.75, 3.05) is 0 Å². The normalized spacial score (nSPS) is 13.6. The lowest BCUT2D eigenvalue weighted by molar-refractivity contribution is -0.274. The van der Waals surface area contributed by atoms with E-state index in [2.05, 4.69) is 4.74 Å². The molecule has 0 atom stereocenters. The lowest BCUT2D eigenvalue weighted by Crippen LogP contribution is -2.23. The Morgan fingerprint density at radius 1 is 1.17 bits per heavy atom. The molecule has 2 aromatic carbocycles. The molecule has 0 aliphatic carbocycles. The third-order valence-corrected chi connectivity index (χ3v) is 3.66. The number of rotatable bonds is 3. The van der Waals surface area contributed by atoms with Gasteiger partial charge >= 0.3 is 6.36 Å². The van der Waals surface area contributed by atoms with Crippen molar-refractivity contribution in [3.8, 4) is 11.8 Å². The molecule has 0 unspecified atom stereocenters. The Bertz CT molecular complexity index is 823. The Morgan fingerprint density at radius 2 is 1.88 bits per heavy atom. The van der Waals surface area contributed by atoms with Gasteiger partial charge in [-0.3, -0.25) is 4.79 Å². The molecule has 3 rings (SSSR count). The Labute approximate surface area is 135 Å². The second-order valence-corrected chi connectivity index (χ2v) is 5.30. The van der Waals surface area contributed by atoms with Crippen molar-refractivity contribution < 1.29 is 22.7 Å². The Hall–Kier alpha value is -3.01. The fraction of sp³-hybridized carbons (Fsp3) is 0.176. The van der Waals surface area contributed by atoms with Gasteiger partial charge in [0, 0.05) is 13.1 Å². The van der Waals surface area contributed by atoms with Gasteiger partial charge in [0.1, 0.15) is 5.75 Å². The smallest absolute Gasteiger partial charge is 0.406 e. The number of alkyl halides is 3. The highest BCUT2D eigenvalue weighted by molar-refractivity contribution is 6.00. The molecule has 0 saturated heterocycles. The van der Waals surface area contributed by atoms with E-state index in [1.807, 2.05) is 6.07 Å². The van der Waals surface area contributed by atoms with Crippen molar-refractivity contribution in [1.82, 2.24) is 4.90 Å². The number of fused-ring (bicyclic) bond motifs is 1. The van der Waals surface area contributed by atoms with Gasteiger partial charge in [-0.2, -0.15) is 5.26 Å². The van der Waals surface area contributed by atoms with Crippen LogP contribution in [0.25, 0.3) is 0 Å². The first-order valence-electron chi connectivity index (χ1n) is 7.03. The number of carbonyl (C=O) groups is 1. The van der Waals surface area contributed by atoms with E-state index in [9.17, 15) is 18.0 Å². The van der Waals surface area contributed by atoms with Crippen molar-refractivity contribution in [2.45, 2.75) is 19.5 Å². The van der Waals surface area contributed by atoms with Gasteiger partial charge in [-0.15, -0.1) is 13.2 Å². The van der Waals surface area contributed by atoms with Gasteiger partial charge in [0.25, 0.3) is 5.91 Å². The Morgan fingerprint density at radius 3 is 2.50 bits per heavy atom. The van der Waals surface area contributed by atoms with Gasteiger partial charge in [-0.05, 0) is 29.3 Å².